The Balaban J connectivity index is 2.02. The van der Waals surface area contributed by atoms with Crippen molar-refractivity contribution in [2.24, 2.45) is 17.0 Å². The van der Waals surface area contributed by atoms with E-state index in [9.17, 15) is 4.79 Å². The van der Waals surface area contributed by atoms with Crippen molar-refractivity contribution in [2.45, 2.75) is 27.2 Å². The first-order valence-electron chi connectivity index (χ1n) is 11.5. The molecule has 0 saturated heterocycles. The third-order valence-corrected chi connectivity index (χ3v) is 5.79. The van der Waals surface area contributed by atoms with Crippen molar-refractivity contribution in [1.82, 2.24) is 14.3 Å². The smallest absolute Gasteiger partial charge is 0.264 e. The molecule has 2 aromatic heterocycles. The van der Waals surface area contributed by atoms with E-state index in [1.807, 2.05) is 88.6 Å². The van der Waals surface area contributed by atoms with Gasteiger partial charge >= 0.3 is 0 Å². The predicted molar refractivity (Wildman–Crippen MR) is 142 cm³/mol. The van der Waals surface area contributed by atoms with Crippen LogP contribution in [-0.4, -0.2) is 32.3 Å². The van der Waals surface area contributed by atoms with Crippen LogP contribution in [0.25, 0.3) is 33.3 Å². The van der Waals surface area contributed by atoms with Crippen molar-refractivity contribution >= 4 is 27.9 Å². The first kappa shape index (κ1) is 23.1. The Morgan fingerprint density at radius 2 is 1.85 bits per heavy atom. The molecule has 0 atom stereocenters. The molecule has 0 bridgehead atoms. The molecular weight excluding hydrogens is 422 g/mol. The van der Waals surface area contributed by atoms with Crippen molar-refractivity contribution in [3.05, 3.63) is 89.6 Å². The summed E-state index contributed by atoms with van der Waals surface area (Å²) in [5.41, 5.74) is 5.32. The van der Waals surface area contributed by atoms with E-state index in [2.05, 4.69) is 16.7 Å². The molecule has 2 heterocycles. The fourth-order valence-electron chi connectivity index (χ4n) is 4.17. The van der Waals surface area contributed by atoms with Gasteiger partial charge in [-0.05, 0) is 49.4 Å². The van der Waals surface area contributed by atoms with E-state index in [4.69, 9.17) is 4.99 Å². The Morgan fingerprint density at radius 1 is 1.09 bits per heavy atom. The summed E-state index contributed by atoms with van der Waals surface area (Å²) < 4.78 is 3.44. The van der Waals surface area contributed by atoms with Gasteiger partial charge in [-0.1, -0.05) is 49.9 Å². The van der Waals surface area contributed by atoms with Crippen LogP contribution in [0.1, 0.15) is 32.9 Å². The molecule has 172 valence electrons. The van der Waals surface area contributed by atoms with Crippen LogP contribution in [0, 0.1) is 0 Å². The molecule has 6 nitrogen and oxygen atoms in total. The topological polar surface area (TPSA) is 64.5 Å². The van der Waals surface area contributed by atoms with Gasteiger partial charge in [-0.2, -0.15) is 5.10 Å². The number of aromatic nitrogens is 3. The molecule has 6 heteroatoms. The first-order valence-corrected chi connectivity index (χ1v) is 11.5. The van der Waals surface area contributed by atoms with E-state index in [1.54, 1.807) is 15.4 Å². The third-order valence-electron chi connectivity index (χ3n) is 5.79. The molecule has 4 rings (SSSR count). The van der Waals surface area contributed by atoms with Gasteiger partial charge in [0, 0.05) is 31.0 Å². The van der Waals surface area contributed by atoms with E-state index >= 15 is 0 Å². The number of aryl methyl sites for hydroxylation is 1. The molecule has 0 aliphatic carbocycles. The van der Waals surface area contributed by atoms with Crippen molar-refractivity contribution in [3.8, 4) is 16.8 Å². The van der Waals surface area contributed by atoms with Crippen LogP contribution in [-0.2, 0) is 7.05 Å². The lowest BCUT2D eigenvalue weighted by Crippen LogP contribution is -2.22. The minimum atomic E-state index is -0.119. The van der Waals surface area contributed by atoms with Gasteiger partial charge < -0.3 is 0 Å². The Bertz CT molecular complexity index is 1470. The number of nitrogens with zero attached hydrogens (tertiary/aromatic N) is 5. The Labute approximate surface area is 199 Å². The van der Waals surface area contributed by atoms with Gasteiger partial charge in [0.2, 0.25) is 0 Å². The zero-order valence-electron chi connectivity index (χ0n) is 20.1. The maximum absolute atomic E-state index is 14.1. The van der Waals surface area contributed by atoms with Gasteiger partial charge in [0.1, 0.15) is 0 Å². The number of rotatable bonds is 7. The average molecular weight is 452 g/mol. The van der Waals surface area contributed by atoms with Crippen molar-refractivity contribution in [2.75, 3.05) is 6.54 Å². The molecule has 2 aromatic carbocycles. The highest BCUT2D eigenvalue weighted by molar-refractivity contribution is 6.42. The van der Waals surface area contributed by atoms with Gasteiger partial charge in [0.05, 0.1) is 34.4 Å². The maximum Gasteiger partial charge on any atom is 0.264 e. The quantitative estimate of drug-likeness (QED) is 0.339. The molecule has 34 heavy (non-hydrogen) atoms. The van der Waals surface area contributed by atoms with E-state index in [1.165, 1.54) is 0 Å². The second kappa shape index (κ2) is 9.83. The molecule has 0 amide bonds. The van der Waals surface area contributed by atoms with Crippen LogP contribution >= 0.6 is 0 Å². The van der Waals surface area contributed by atoms with Crippen molar-refractivity contribution in [3.63, 3.8) is 0 Å². The molecule has 0 unspecified atom stereocenters. The van der Waals surface area contributed by atoms with Crippen LogP contribution in [0.2, 0.25) is 0 Å². The number of fused-ring (bicyclic) bond motifs is 1. The molecular formula is C28H29N5O. The average Bonchev–Trinajstić information content (AvgIpc) is 3.28. The lowest BCUT2D eigenvalue weighted by Gasteiger charge is -2.16. The minimum absolute atomic E-state index is 0.119. The Kier molecular flexibility index (Phi) is 6.68. The van der Waals surface area contributed by atoms with E-state index < -0.39 is 0 Å². The Hall–Kier alpha value is -4.06. The molecule has 0 N–H and O–H groups in total. The second-order valence-electron chi connectivity index (χ2n) is 8.10. The highest BCUT2D eigenvalue weighted by Gasteiger charge is 2.17. The van der Waals surface area contributed by atoms with Crippen LogP contribution in [0.4, 0.5) is 0 Å². The summed E-state index contributed by atoms with van der Waals surface area (Å²) >= 11 is 0. The largest absolute Gasteiger partial charge is 0.288 e. The van der Waals surface area contributed by atoms with Gasteiger partial charge in [-0.3, -0.25) is 24.0 Å². The fraction of sp³-hybridized carbons (Fsp3) is 0.214. The van der Waals surface area contributed by atoms with Crippen LogP contribution < -0.4 is 5.56 Å². The number of benzene rings is 2. The van der Waals surface area contributed by atoms with Crippen LogP contribution in [0.3, 0.4) is 0 Å². The van der Waals surface area contributed by atoms with E-state index in [0.29, 0.717) is 23.3 Å². The zero-order valence-corrected chi connectivity index (χ0v) is 20.1. The molecule has 0 saturated carbocycles. The molecule has 0 fully saturated rings. The molecule has 4 aromatic rings. The van der Waals surface area contributed by atoms with Crippen molar-refractivity contribution < 1.29 is 0 Å². The second-order valence-corrected chi connectivity index (χ2v) is 8.10. The number of hydrogen-bond acceptors (Lipinski definition) is 4. The summed E-state index contributed by atoms with van der Waals surface area (Å²) in [5, 5.41) is 5.77. The summed E-state index contributed by atoms with van der Waals surface area (Å²) in [5.74, 6) is 0. The standard InChI is InChI=1S/C28H29N5O/c1-6-25(19(3)29-7-2)31-20(4)26-16-21-12-11-15-24(22-17-30-32(5)18-22)27(21)28(34)33(26)23-13-9-8-10-14-23/h8-18H,4,6-7H2,1-3,5H3. The van der Waals surface area contributed by atoms with Gasteiger partial charge in [0.15, 0.2) is 0 Å². The summed E-state index contributed by atoms with van der Waals surface area (Å²) in [7, 11) is 1.87. The fourth-order valence-corrected chi connectivity index (χ4v) is 4.17. The van der Waals surface area contributed by atoms with Gasteiger partial charge in [-0.25, -0.2) is 0 Å². The number of para-hydroxylation sites is 1. The molecule has 0 radical (unpaired) electrons. The zero-order chi connectivity index (χ0) is 24.2. The number of hydrogen-bond donors (Lipinski definition) is 0. The maximum atomic E-state index is 14.1. The van der Waals surface area contributed by atoms with Crippen LogP contribution in [0.5, 0.6) is 0 Å². The van der Waals surface area contributed by atoms with E-state index in [-0.39, 0.29) is 5.56 Å². The first-order chi connectivity index (χ1) is 16.4. The van der Waals surface area contributed by atoms with E-state index in [0.717, 1.165) is 40.0 Å². The summed E-state index contributed by atoms with van der Waals surface area (Å²) in [6, 6.07) is 17.5. The van der Waals surface area contributed by atoms with Gasteiger partial charge in [0.25, 0.3) is 5.56 Å². The minimum Gasteiger partial charge on any atom is -0.288 e. The highest BCUT2D eigenvalue weighted by atomic mass is 16.1. The third kappa shape index (κ3) is 4.39. The predicted octanol–water partition coefficient (Wildman–Crippen LogP) is 5.69. The number of aliphatic imine (C=N–C) groups is 2. The molecule has 0 aliphatic rings. The lowest BCUT2D eigenvalue weighted by molar-refractivity contribution is 0.768. The lowest BCUT2D eigenvalue weighted by atomic mass is 10.0. The summed E-state index contributed by atoms with van der Waals surface area (Å²) in [6.45, 7) is 11.0. The SMILES string of the molecule is C=C(N=C(CC)C(C)=NCC)c1cc2cccc(-c3cnn(C)c3)c2c(=O)n1-c1ccccc1. The van der Waals surface area contributed by atoms with Gasteiger partial charge in [-0.15, -0.1) is 0 Å². The molecule has 0 spiro atoms. The van der Waals surface area contributed by atoms with Crippen LogP contribution in [0.15, 0.2) is 88.3 Å². The summed E-state index contributed by atoms with van der Waals surface area (Å²) in [4.78, 5) is 23.4. The number of pyridine rings is 1. The summed E-state index contributed by atoms with van der Waals surface area (Å²) in [6.07, 6.45) is 4.42. The normalized spacial score (nSPS) is 12.4. The highest BCUT2D eigenvalue weighted by Crippen LogP contribution is 2.29. The Morgan fingerprint density at radius 3 is 2.50 bits per heavy atom. The monoisotopic (exact) mass is 451 g/mol. The molecule has 0 aliphatic heterocycles. The van der Waals surface area contributed by atoms with Crippen molar-refractivity contribution in [1.29, 1.82) is 0 Å².